The van der Waals surface area contributed by atoms with Gasteiger partial charge in [0.25, 0.3) is 11.8 Å². The number of aryl methyl sites for hydroxylation is 1. The maximum atomic E-state index is 12.3. The average Bonchev–Trinajstić information content (AvgIpc) is 2.67. The first-order valence-electron chi connectivity index (χ1n) is 8.08. The van der Waals surface area contributed by atoms with Crippen molar-refractivity contribution in [2.45, 2.75) is 6.92 Å². The second-order valence-corrected chi connectivity index (χ2v) is 6.12. The largest absolute Gasteiger partial charge is 0.457 e. The van der Waals surface area contributed by atoms with Crippen LogP contribution in [0.1, 0.15) is 26.3 Å². The Bertz CT molecular complexity index is 977. The van der Waals surface area contributed by atoms with Gasteiger partial charge in [-0.05, 0) is 61.0 Å². The van der Waals surface area contributed by atoms with Crippen molar-refractivity contribution in [3.63, 3.8) is 0 Å². The van der Waals surface area contributed by atoms with Crippen LogP contribution in [0.2, 0.25) is 5.02 Å². The molecule has 2 amide bonds. The third-order valence-electron chi connectivity index (χ3n) is 3.70. The van der Waals surface area contributed by atoms with E-state index in [1.807, 2.05) is 0 Å². The molecule has 0 atom stereocenters. The molecule has 0 spiro atoms. The maximum Gasteiger partial charge on any atom is 0.269 e. The van der Waals surface area contributed by atoms with E-state index in [0.717, 1.165) is 0 Å². The molecule has 1 heterocycles. The minimum absolute atomic E-state index is 0.342. The van der Waals surface area contributed by atoms with Gasteiger partial charge in [0.15, 0.2) is 0 Å². The number of ether oxygens (including phenoxy) is 1. The molecule has 0 saturated carbocycles. The van der Waals surface area contributed by atoms with Crippen LogP contribution >= 0.6 is 11.6 Å². The summed E-state index contributed by atoms with van der Waals surface area (Å²) in [5, 5.41) is 0.541. The van der Waals surface area contributed by atoms with Crippen molar-refractivity contribution in [3.05, 3.63) is 88.7 Å². The zero-order valence-electron chi connectivity index (χ0n) is 14.4. The lowest BCUT2D eigenvalue weighted by Gasteiger charge is -2.10. The number of rotatable bonds is 4. The summed E-state index contributed by atoms with van der Waals surface area (Å²) >= 11 is 5.89. The fourth-order valence-electron chi connectivity index (χ4n) is 2.38. The van der Waals surface area contributed by atoms with Crippen LogP contribution in [0.3, 0.4) is 0 Å². The summed E-state index contributed by atoms with van der Waals surface area (Å²) in [5.74, 6) is 0.208. The highest BCUT2D eigenvalue weighted by molar-refractivity contribution is 6.30. The number of nitrogens with zero attached hydrogens (tertiary/aromatic N) is 1. The smallest absolute Gasteiger partial charge is 0.269 e. The van der Waals surface area contributed by atoms with E-state index >= 15 is 0 Å². The second kappa shape index (κ2) is 8.33. The highest BCUT2D eigenvalue weighted by Gasteiger charge is 2.12. The highest BCUT2D eigenvalue weighted by atomic mass is 35.5. The Morgan fingerprint density at radius 3 is 2.41 bits per heavy atom. The van der Waals surface area contributed by atoms with Gasteiger partial charge < -0.3 is 4.74 Å². The van der Waals surface area contributed by atoms with Gasteiger partial charge in [-0.2, -0.15) is 0 Å². The van der Waals surface area contributed by atoms with Crippen molar-refractivity contribution in [2.75, 3.05) is 0 Å². The molecule has 3 rings (SSSR count). The van der Waals surface area contributed by atoms with E-state index in [2.05, 4.69) is 15.8 Å². The Balaban J connectivity index is 1.64. The van der Waals surface area contributed by atoms with Gasteiger partial charge in [0, 0.05) is 28.5 Å². The molecule has 1 aromatic heterocycles. The van der Waals surface area contributed by atoms with Gasteiger partial charge in [-0.25, -0.2) is 0 Å². The minimum atomic E-state index is -0.463. The number of carbonyl (C=O) groups is 2. The fraction of sp³-hybridized carbons (Fsp3) is 0.0500. The average molecular weight is 382 g/mol. The number of carbonyl (C=O) groups excluding carboxylic acids is 2. The molecule has 0 bridgehead atoms. The summed E-state index contributed by atoms with van der Waals surface area (Å²) in [4.78, 5) is 28.5. The Morgan fingerprint density at radius 2 is 1.67 bits per heavy atom. The van der Waals surface area contributed by atoms with E-state index in [0.29, 0.717) is 33.2 Å². The van der Waals surface area contributed by atoms with E-state index in [1.165, 1.54) is 0 Å². The molecular weight excluding hydrogens is 366 g/mol. The molecule has 0 aliphatic rings. The zero-order chi connectivity index (χ0) is 19.2. The first-order valence-corrected chi connectivity index (χ1v) is 8.45. The molecule has 27 heavy (non-hydrogen) atoms. The molecule has 0 saturated heterocycles. The highest BCUT2D eigenvalue weighted by Crippen LogP contribution is 2.21. The molecule has 2 aromatic carbocycles. The molecule has 6 nitrogen and oxygen atoms in total. The predicted octanol–water partition coefficient (Wildman–Crippen LogP) is 3.91. The standard InChI is InChI=1S/C20H16ClN3O3/c1-13-11-15(21)5-6-18(13)20(26)24-23-19(25)14-3-2-4-17(12-14)27-16-7-9-22-10-8-16/h2-12H,1H3,(H,23,25)(H,24,26). The minimum Gasteiger partial charge on any atom is -0.457 e. The van der Waals surface area contributed by atoms with Crippen LogP contribution in [-0.4, -0.2) is 16.8 Å². The van der Waals surface area contributed by atoms with Crippen LogP contribution in [-0.2, 0) is 0 Å². The first kappa shape index (κ1) is 18.4. The van der Waals surface area contributed by atoms with Crippen molar-refractivity contribution < 1.29 is 14.3 Å². The molecule has 0 aliphatic carbocycles. The number of pyridine rings is 1. The lowest BCUT2D eigenvalue weighted by atomic mass is 10.1. The predicted molar refractivity (Wildman–Crippen MR) is 102 cm³/mol. The van der Waals surface area contributed by atoms with Gasteiger partial charge in [-0.3, -0.25) is 25.4 Å². The Kier molecular flexibility index (Phi) is 5.68. The molecule has 7 heteroatoms. The maximum absolute atomic E-state index is 12.3. The van der Waals surface area contributed by atoms with Gasteiger partial charge in [-0.1, -0.05) is 17.7 Å². The first-order chi connectivity index (χ1) is 13.0. The summed E-state index contributed by atoms with van der Waals surface area (Å²) in [5.41, 5.74) is 6.27. The zero-order valence-corrected chi connectivity index (χ0v) is 15.2. The summed E-state index contributed by atoms with van der Waals surface area (Å²) in [7, 11) is 0. The molecule has 136 valence electrons. The Morgan fingerprint density at radius 1 is 0.926 bits per heavy atom. The number of aromatic nitrogens is 1. The van der Waals surface area contributed by atoms with Crippen molar-refractivity contribution in [3.8, 4) is 11.5 Å². The van der Waals surface area contributed by atoms with E-state index in [9.17, 15) is 9.59 Å². The molecule has 0 fully saturated rings. The number of nitrogens with one attached hydrogen (secondary N) is 2. The Hall–Kier alpha value is -3.38. The third kappa shape index (κ3) is 4.83. The topological polar surface area (TPSA) is 80.3 Å². The van der Waals surface area contributed by atoms with E-state index in [1.54, 1.807) is 73.9 Å². The fourth-order valence-corrected chi connectivity index (χ4v) is 2.60. The van der Waals surface area contributed by atoms with Crippen LogP contribution in [0, 0.1) is 6.92 Å². The molecule has 0 aliphatic heterocycles. The number of hydrogen-bond donors (Lipinski definition) is 2. The van der Waals surface area contributed by atoms with Crippen LogP contribution in [0.5, 0.6) is 11.5 Å². The van der Waals surface area contributed by atoms with Crippen molar-refractivity contribution in [1.29, 1.82) is 0 Å². The van der Waals surface area contributed by atoms with Crippen molar-refractivity contribution in [2.24, 2.45) is 0 Å². The normalized spacial score (nSPS) is 10.1. The van der Waals surface area contributed by atoms with E-state index in [-0.39, 0.29) is 0 Å². The molecular formula is C20H16ClN3O3. The van der Waals surface area contributed by atoms with Gasteiger partial charge in [0.2, 0.25) is 0 Å². The number of amides is 2. The van der Waals surface area contributed by atoms with E-state index in [4.69, 9.17) is 16.3 Å². The number of hydrazine groups is 1. The second-order valence-electron chi connectivity index (χ2n) is 5.68. The van der Waals surface area contributed by atoms with Gasteiger partial charge in [-0.15, -0.1) is 0 Å². The number of benzene rings is 2. The van der Waals surface area contributed by atoms with Crippen LogP contribution in [0.25, 0.3) is 0 Å². The molecule has 2 N–H and O–H groups in total. The van der Waals surface area contributed by atoms with E-state index < -0.39 is 11.8 Å². The molecule has 0 unspecified atom stereocenters. The number of halogens is 1. The lowest BCUT2D eigenvalue weighted by molar-refractivity contribution is 0.0846. The number of hydrogen-bond acceptors (Lipinski definition) is 4. The SMILES string of the molecule is Cc1cc(Cl)ccc1C(=O)NNC(=O)c1cccc(Oc2ccncc2)c1. The summed E-state index contributed by atoms with van der Waals surface area (Å²) < 4.78 is 5.67. The summed E-state index contributed by atoms with van der Waals surface area (Å²) in [6.07, 6.45) is 3.22. The van der Waals surface area contributed by atoms with Gasteiger partial charge >= 0.3 is 0 Å². The van der Waals surface area contributed by atoms with Crippen LogP contribution < -0.4 is 15.6 Å². The monoisotopic (exact) mass is 381 g/mol. The third-order valence-corrected chi connectivity index (χ3v) is 3.94. The molecule has 0 radical (unpaired) electrons. The summed E-state index contributed by atoms with van der Waals surface area (Å²) in [6.45, 7) is 1.77. The van der Waals surface area contributed by atoms with Crippen molar-refractivity contribution in [1.82, 2.24) is 15.8 Å². The molecule has 3 aromatic rings. The van der Waals surface area contributed by atoms with Crippen molar-refractivity contribution >= 4 is 23.4 Å². The quantitative estimate of drug-likeness (QED) is 0.671. The Labute approximate surface area is 161 Å². The van der Waals surface area contributed by atoms with Gasteiger partial charge in [0.1, 0.15) is 11.5 Å². The van der Waals surface area contributed by atoms with Gasteiger partial charge in [0.05, 0.1) is 0 Å². The lowest BCUT2D eigenvalue weighted by Crippen LogP contribution is -2.41. The van der Waals surface area contributed by atoms with Crippen LogP contribution in [0.15, 0.2) is 67.0 Å². The summed E-state index contributed by atoms with van der Waals surface area (Å²) in [6, 6.07) is 14.9. The van der Waals surface area contributed by atoms with Crippen LogP contribution in [0.4, 0.5) is 0 Å².